The molecule has 0 saturated carbocycles. The van der Waals surface area contributed by atoms with Crippen LogP contribution in [0.5, 0.6) is 0 Å². The van der Waals surface area contributed by atoms with Crippen LogP contribution in [0, 0.1) is 0 Å². The number of rotatable bonds is 1. The monoisotopic (exact) mass is 136 g/mol. The van der Waals surface area contributed by atoms with Gasteiger partial charge in [-0.25, -0.2) is 0 Å². The SMILES string of the molecule is CCO[SiH3].C[SiH2]C. The molecule has 0 saturated heterocycles. The minimum Gasteiger partial charge on any atom is -0.428 e. The first-order valence-corrected chi connectivity index (χ1v) is 6.46. The van der Waals surface area contributed by atoms with Crippen LogP contribution in [-0.2, 0) is 4.43 Å². The molecule has 1 nitrogen and oxygen atoms in total. The van der Waals surface area contributed by atoms with E-state index in [2.05, 4.69) is 17.5 Å². The molecule has 0 rings (SSSR count). The molecule has 3 heteroatoms. The zero-order chi connectivity index (χ0) is 6.12. The van der Waals surface area contributed by atoms with Gasteiger partial charge >= 0.3 is 0 Å². The van der Waals surface area contributed by atoms with Gasteiger partial charge in [-0.3, -0.25) is 0 Å². The van der Waals surface area contributed by atoms with E-state index in [9.17, 15) is 0 Å². The van der Waals surface area contributed by atoms with Crippen LogP contribution < -0.4 is 0 Å². The third kappa shape index (κ3) is 63.5. The van der Waals surface area contributed by atoms with Crippen LogP contribution in [-0.4, -0.2) is 26.6 Å². The largest absolute Gasteiger partial charge is 0.428 e. The van der Waals surface area contributed by atoms with Crippen molar-refractivity contribution < 1.29 is 4.43 Å². The van der Waals surface area contributed by atoms with Crippen molar-refractivity contribution in [1.29, 1.82) is 0 Å². The molecule has 0 aliphatic carbocycles. The molecule has 0 bridgehead atoms. The van der Waals surface area contributed by atoms with Gasteiger partial charge < -0.3 is 4.43 Å². The highest BCUT2D eigenvalue weighted by atomic mass is 28.2. The summed E-state index contributed by atoms with van der Waals surface area (Å²) in [6, 6.07) is 0. The lowest BCUT2D eigenvalue weighted by Crippen LogP contribution is -1.76. The minimum atomic E-state index is 0.417. The number of hydrogen-bond donors (Lipinski definition) is 0. The van der Waals surface area contributed by atoms with Gasteiger partial charge in [0.2, 0.25) is 0 Å². The maximum atomic E-state index is 4.68. The zero-order valence-corrected chi connectivity index (χ0v) is 9.24. The maximum Gasteiger partial charge on any atom is 0.145 e. The molecular formula is C4H16OSi2. The fourth-order valence-electron chi connectivity index (χ4n) is 0. The molecule has 0 atom stereocenters. The molecule has 0 aromatic carbocycles. The predicted octanol–water partition coefficient (Wildman–Crippen LogP) is -0.445. The normalized spacial score (nSPS) is 7.29. The van der Waals surface area contributed by atoms with Crippen LogP contribution in [0.3, 0.4) is 0 Å². The first kappa shape index (κ1) is 10.4. The lowest BCUT2D eigenvalue weighted by Gasteiger charge is -1.77. The Morgan fingerprint density at radius 2 is 1.71 bits per heavy atom. The van der Waals surface area contributed by atoms with E-state index in [1.807, 2.05) is 6.92 Å². The van der Waals surface area contributed by atoms with E-state index in [0.717, 1.165) is 17.1 Å². The highest BCUT2D eigenvalue weighted by molar-refractivity contribution is 6.31. The second-order valence-corrected chi connectivity index (χ2v) is 3.28. The molecule has 0 aromatic rings. The van der Waals surface area contributed by atoms with Crippen LogP contribution in [0.25, 0.3) is 0 Å². The van der Waals surface area contributed by atoms with Crippen molar-refractivity contribution in [3.8, 4) is 0 Å². The van der Waals surface area contributed by atoms with Crippen LogP contribution in [0.15, 0.2) is 0 Å². The molecule has 0 aliphatic rings. The number of hydrogen-bond acceptors (Lipinski definition) is 1. The molecular weight excluding hydrogens is 120 g/mol. The molecule has 46 valence electrons. The third-order valence-electron chi connectivity index (χ3n) is 0.289. The molecule has 0 radical (unpaired) electrons. The Kier molecular flexibility index (Phi) is 24.0. The van der Waals surface area contributed by atoms with E-state index >= 15 is 0 Å². The van der Waals surface area contributed by atoms with Crippen molar-refractivity contribution in [3.63, 3.8) is 0 Å². The third-order valence-corrected chi connectivity index (χ3v) is 0.866. The molecule has 7 heavy (non-hydrogen) atoms. The Hall–Kier alpha value is 0.394. The van der Waals surface area contributed by atoms with Gasteiger partial charge in [0.15, 0.2) is 0 Å². The average molecular weight is 136 g/mol. The van der Waals surface area contributed by atoms with Crippen LogP contribution in [0.4, 0.5) is 0 Å². The summed E-state index contributed by atoms with van der Waals surface area (Å²) in [4.78, 5) is 0. The Bertz CT molecular complexity index is 17.2. The van der Waals surface area contributed by atoms with E-state index in [1.54, 1.807) is 0 Å². The van der Waals surface area contributed by atoms with Crippen LogP contribution in [0.2, 0.25) is 13.1 Å². The van der Waals surface area contributed by atoms with Gasteiger partial charge in [0.05, 0.1) is 0 Å². The first-order valence-electron chi connectivity index (χ1n) is 2.82. The summed E-state index contributed by atoms with van der Waals surface area (Å²) in [7, 11) is 1.31. The second-order valence-electron chi connectivity index (χ2n) is 1.28. The Morgan fingerprint density at radius 3 is 1.71 bits per heavy atom. The van der Waals surface area contributed by atoms with Crippen molar-refractivity contribution in [1.82, 2.24) is 0 Å². The van der Waals surface area contributed by atoms with E-state index in [0.29, 0.717) is 9.52 Å². The van der Waals surface area contributed by atoms with Crippen molar-refractivity contribution in [2.45, 2.75) is 20.0 Å². The van der Waals surface area contributed by atoms with Crippen molar-refractivity contribution in [2.75, 3.05) is 6.61 Å². The summed E-state index contributed by atoms with van der Waals surface area (Å²) in [5, 5.41) is 0. The summed E-state index contributed by atoms with van der Waals surface area (Å²) in [5.41, 5.74) is 0. The van der Waals surface area contributed by atoms with Crippen LogP contribution >= 0.6 is 0 Å². The van der Waals surface area contributed by atoms with E-state index in [-0.39, 0.29) is 0 Å². The van der Waals surface area contributed by atoms with Gasteiger partial charge in [0.25, 0.3) is 0 Å². The molecule has 0 fully saturated rings. The van der Waals surface area contributed by atoms with Gasteiger partial charge in [0, 0.05) is 16.1 Å². The Morgan fingerprint density at radius 1 is 1.57 bits per heavy atom. The predicted molar refractivity (Wildman–Crippen MR) is 41.8 cm³/mol. The molecule has 0 aromatic heterocycles. The zero-order valence-electron chi connectivity index (χ0n) is 5.82. The Balaban J connectivity index is 0. The van der Waals surface area contributed by atoms with Crippen molar-refractivity contribution >= 4 is 20.0 Å². The molecule has 0 aliphatic heterocycles. The summed E-state index contributed by atoms with van der Waals surface area (Å²) < 4.78 is 4.68. The summed E-state index contributed by atoms with van der Waals surface area (Å²) in [6.45, 7) is 7.40. The molecule has 0 N–H and O–H groups in total. The van der Waals surface area contributed by atoms with Crippen molar-refractivity contribution in [2.24, 2.45) is 0 Å². The van der Waals surface area contributed by atoms with Gasteiger partial charge in [-0.05, 0) is 6.92 Å². The van der Waals surface area contributed by atoms with Gasteiger partial charge in [-0.2, -0.15) is 0 Å². The minimum absolute atomic E-state index is 0.417. The lowest BCUT2D eigenvalue weighted by molar-refractivity contribution is 0.375. The van der Waals surface area contributed by atoms with Gasteiger partial charge in [0.1, 0.15) is 10.5 Å². The quantitative estimate of drug-likeness (QED) is 0.444. The topological polar surface area (TPSA) is 9.23 Å². The highest BCUT2D eigenvalue weighted by Gasteiger charge is 1.51. The van der Waals surface area contributed by atoms with Gasteiger partial charge in [-0.15, -0.1) is 0 Å². The van der Waals surface area contributed by atoms with E-state index < -0.39 is 0 Å². The second kappa shape index (κ2) is 16.2. The van der Waals surface area contributed by atoms with Gasteiger partial charge in [-0.1, -0.05) is 13.1 Å². The Labute approximate surface area is 51.8 Å². The molecule has 0 spiro atoms. The summed E-state index contributed by atoms with van der Waals surface area (Å²) >= 11 is 0. The van der Waals surface area contributed by atoms with Crippen LogP contribution in [0.1, 0.15) is 6.92 Å². The van der Waals surface area contributed by atoms with E-state index in [1.165, 1.54) is 0 Å². The first-order chi connectivity index (χ1) is 3.33. The standard InChI is InChI=1S/C2H8OSi.C2H8Si/c1-2-3-4;1-3-2/h2H2,1,4H3;3H2,1-2H3. The molecule has 0 heterocycles. The van der Waals surface area contributed by atoms with E-state index in [4.69, 9.17) is 0 Å². The highest BCUT2D eigenvalue weighted by Crippen LogP contribution is 1.50. The summed E-state index contributed by atoms with van der Waals surface area (Å²) in [5.74, 6) is 0. The lowest BCUT2D eigenvalue weighted by atomic mass is 10.9. The molecule has 0 amide bonds. The average Bonchev–Trinajstić information content (AvgIpc) is 1.69. The summed E-state index contributed by atoms with van der Waals surface area (Å²) in [6.07, 6.45) is 0. The molecule has 0 unspecified atom stereocenters. The fourth-order valence-corrected chi connectivity index (χ4v) is 0. The fraction of sp³-hybridized carbons (Fsp3) is 1.00. The maximum absolute atomic E-state index is 4.68. The smallest absolute Gasteiger partial charge is 0.145 e. The van der Waals surface area contributed by atoms with Crippen molar-refractivity contribution in [3.05, 3.63) is 0 Å².